The summed E-state index contributed by atoms with van der Waals surface area (Å²) in [5, 5.41) is 0.365. The van der Waals surface area contributed by atoms with Crippen LogP contribution in [0, 0.1) is 18.3 Å². The van der Waals surface area contributed by atoms with Gasteiger partial charge in [0.1, 0.15) is 0 Å². The third kappa shape index (κ3) is 4.11. The van der Waals surface area contributed by atoms with Gasteiger partial charge in [0.15, 0.2) is 0 Å². The summed E-state index contributed by atoms with van der Waals surface area (Å²) in [6, 6.07) is 2.97. The van der Waals surface area contributed by atoms with Gasteiger partial charge in [-0.15, -0.1) is 0 Å². The molecule has 0 saturated heterocycles. The summed E-state index contributed by atoms with van der Waals surface area (Å²) in [5.41, 5.74) is 6.57. The van der Waals surface area contributed by atoms with Crippen molar-refractivity contribution in [3.05, 3.63) is 22.7 Å². The largest absolute Gasteiger partial charge is 0.397 e. The minimum atomic E-state index is -3.57. The summed E-state index contributed by atoms with van der Waals surface area (Å²) >= 11 is 5.88. The number of aryl methyl sites for hydroxylation is 1. The van der Waals surface area contributed by atoms with Gasteiger partial charge in [-0.3, -0.25) is 0 Å². The number of hydrogen-bond acceptors (Lipinski definition) is 3. The van der Waals surface area contributed by atoms with E-state index in [4.69, 9.17) is 17.3 Å². The van der Waals surface area contributed by atoms with Crippen LogP contribution in [0.2, 0.25) is 5.02 Å². The van der Waals surface area contributed by atoms with Crippen LogP contribution in [-0.4, -0.2) is 15.0 Å². The van der Waals surface area contributed by atoms with E-state index in [9.17, 15) is 8.42 Å². The molecule has 1 unspecified atom stereocenters. The van der Waals surface area contributed by atoms with Crippen LogP contribution in [0.3, 0.4) is 0 Å². The van der Waals surface area contributed by atoms with Gasteiger partial charge in [0.2, 0.25) is 10.0 Å². The van der Waals surface area contributed by atoms with Crippen molar-refractivity contribution in [3.8, 4) is 0 Å². The van der Waals surface area contributed by atoms with Gasteiger partial charge in [0.25, 0.3) is 0 Å². The first kappa shape index (κ1) is 17.3. The highest BCUT2D eigenvalue weighted by Crippen LogP contribution is 2.27. The van der Waals surface area contributed by atoms with E-state index in [1.54, 1.807) is 13.0 Å². The quantitative estimate of drug-likeness (QED) is 0.837. The van der Waals surface area contributed by atoms with Crippen molar-refractivity contribution in [1.82, 2.24) is 4.72 Å². The number of sulfonamides is 1. The highest BCUT2D eigenvalue weighted by atomic mass is 35.5. The Morgan fingerprint density at radius 1 is 1.35 bits per heavy atom. The van der Waals surface area contributed by atoms with Crippen molar-refractivity contribution in [2.45, 2.75) is 39.5 Å². The number of nitrogen functional groups attached to an aromatic ring is 1. The van der Waals surface area contributed by atoms with Crippen LogP contribution in [-0.2, 0) is 10.0 Å². The molecular formula is C14H23ClN2O2S. The van der Waals surface area contributed by atoms with Crippen LogP contribution in [0.1, 0.15) is 33.3 Å². The topological polar surface area (TPSA) is 72.2 Å². The van der Waals surface area contributed by atoms with Crippen molar-refractivity contribution >= 4 is 27.3 Å². The lowest BCUT2D eigenvalue weighted by molar-refractivity contribution is 0.263. The Labute approximate surface area is 126 Å². The average Bonchev–Trinajstić information content (AvgIpc) is 2.29. The third-order valence-corrected chi connectivity index (χ3v) is 5.53. The van der Waals surface area contributed by atoms with Crippen molar-refractivity contribution in [3.63, 3.8) is 0 Å². The summed E-state index contributed by atoms with van der Waals surface area (Å²) in [6.45, 7) is 10.3. The Morgan fingerprint density at radius 2 is 1.90 bits per heavy atom. The first-order chi connectivity index (χ1) is 8.95. The third-order valence-electron chi connectivity index (χ3n) is 3.64. The molecule has 0 aliphatic heterocycles. The highest BCUT2D eigenvalue weighted by molar-refractivity contribution is 7.89. The highest BCUT2D eigenvalue weighted by Gasteiger charge is 2.24. The maximum Gasteiger partial charge on any atom is 0.240 e. The molecule has 0 heterocycles. The first-order valence-electron chi connectivity index (χ1n) is 6.50. The van der Waals surface area contributed by atoms with Gasteiger partial charge >= 0.3 is 0 Å². The number of rotatable bonds is 4. The molecule has 6 heteroatoms. The van der Waals surface area contributed by atoms with Crippen molar-refractivity contribution < 1.29 is 8.42 Å². The number of anilines is 1. The van der Waals surface area contributed by atoms with Crippen LogP contribution in [0.4, 0.5) is 5.69 Å². The molecule has 0 spiro atoms. The molecule has 0 bridgehead atoms. The molecule has 0 aromatic heterocycles. The van der Waals surface area contributed by atoms with E-state index in [2.05, 4.69) is 25.5 Å². The second-order valence-corrected chi connectivity index (χ2v) is 8.40. The van der Waals surface area contributed by atoms with Crippen LogP contribution in [0.25, 0.3) is 0 Å². The van der Waals surface area contributed by atoms with E-state index in [0.29, 0.717) is 17.1 Å². The number of hydrogen-bond donors (Lipinski definition) is 2. The van der Waals surface area contributed by atoms with E-state index in [1.807, 2.05) is 6.92 Å². The molecule has 0 radical (unpaired) electrons. The van der Waals surface area contributed by atoms with Gasteiger partial charge in [-0.25, -0.2) is 13.1 Å². The lowest BCUT2D eigenvalue weighted by Gasteiger charge is -2.27. The maximum absolute atomic E-state index is 12.3. The molecule has 114 valence electrons. The summed E-state index contributed by atoms with van der Waals surface area (Å²) in [4.78, 5) is 0.181. The van der Waals surface area contributed by atoms with E-state index in [-0.39, 0.29) is 21.9 Å². The lowest BCUT2D eigenvalue weighted by atomic mass is 9.82. The second-order valence-electron chi connectivity index (χ2n) is 6.26. The predicted octanol–water partition coefficient (Wildman–Crippen LogP) is 3.19. The monoisotopic (exact) mass is 318 g/mol. The molecule has 4 nitrogen and oxygen atoms in total. The van der Waals surface area contributed by atoms with Crippen molar-refractivity contribution in [2.75, 3.05) is 12.3 Å². The van der Waals surface area contributed by atoms with E-state index >= 15 is 0 Å². The molecule has 3 N–H and O–H groups in total. The van der Waals surface area contributed by atoms with Gasteiger partial charge in [0.05, 0.1) is 15.6 Å². The molecule has 1 aromatic rings. The molecule has 0 amide bonds. The van der Waals surface area contributed by atoms with E-state index < -0.39 is 10.0 Å². The van der Waals surface area contributed by atoms with Gasteiger partial charge in [-0.1, -0.05) is 39.3 Å². The Kier molecular flexibility index (Phi) is 5.11. The first-order valence-corrected chi connectivity index (χ1v) is 8.36. The molecule has 1 rings (SSSR count). The number of nitrogens with two attached hydrogens (primary N) is 1. The fourth-order valence-corrected chi connectivity index (χ4v) is 3.18. The van der Waals surface area contributed by atoms with Gasteiger partial charge < -0.3 is 5.73 Å². The zero-order chi connectivity index (χ0) is 15.7. The van der Waals surface area contributed by atoms with Crippen molar-refractivity contribution in [2.24, 2.45) is 11.3 Å². The summed E-state index contributed by atoms with van der Waals surface area (Å²) in [5.74, 6) is 0.210. The molecule has 0 saturated carbocycles. The zero-order valence-electron chi connectivity index (χ0n) is 12.6. The van der Waals surface area contributed by atoms with E-state index in [0.717, 1.165) is 0 Å². The molecular weight excluding hydrogens is 296 g/mol. The van der Waals surface area contributed by atoms with Crippen LogP contribution in [0.15, 0.2) is 17.0 Å². The normalized spacial score (nSPS) is 14.3. The smallest absolute Gasteiger partial charge is 0.240 e. The van der Waals surface area contributed by atoms with Gasteiger partial charge in [-0.2, -0.15) is 0 Å². The summed E-state index contributed by atoms with van der Waals surface area (Å²) in [7, 11) is -3.57. The fourth-order valence-electron chi connectivity index (χ4n) is 1.58. The number of halogens is 1. The van der Waals surface area contributed by atoms with Crippen LogP contribution >= 0.6 is 11.6 Å². The Hall–Kier alpha value is -0.780. The maximum atomic E-state index is 12.3. The average molecular weight is 319 g/mol. The number of benzene rings is 1. The second kappa shape index (κ2) is 5.92. The Balaban J connectivity index is 2.98. The Morgan fingerprint density at radius 3 is 2.40 bits per heavy atom. The summed E-state index contributed by atoms with van der Waals surface area (Å²) < 4.78 is 27.3. The van der Waals surface area contributed by atoms with Crippen LogP contribution < -0.4 is 10.5 Å². The Bertz CT molecular complexity index is 592. The molecule has 0 fully saturated rings. The summed E-state index contributed by atoms with van der Waals surface area (Å²) in [6.07, 6.45) is 0. The molecule has 0 aliphatic carbocycles. The van der Waals surface area contributed by atoms with Crippen LogP contribution in [0.5, 0.6) is 0 Å². The SMILES string of the molecule is Cc1cc(Cl)c(N)cc1S(=O)(=O)NCC(C)C(C)(C)C. The minimum Gasteiger partial charge on any atom is -0.397 e. The van der Waals surface area contributed by atoms with Gasteiger partial charge in [-0.05, 0) is 36.0 Å². The molecule has 0 aliphatic rings. The molecule has 20 heavy (non-hydrogen) atoms. The minimum absolute atomic E-state index is 0.0383. The van der Waals surface area contributed by atoms with E-state index in [1.165, 1.54) is 6.07 Å². The zero-order valence-corrected chi connectivity index (χ0v) is 14.2. The molecule has 1 aromatic carbocycles. The standard InChI is InChI=1S/C14H23ClN2O2S/c1-9-6-11(15)12(16)7-13(9)20(18,19)17-8-10(2)14(3,4)5/h6-7,10,17H,8,16H2,1-5H3. The fraction of sp³-hybridized carbons (Fsp3) is 0.571. The predicted molar refractivity (Wildman–Crippen MR) is 84.4 cm³/mol. The van der Waals surface area contributed by atoms with Crippen molar-refractivity contribution in [1.29, 1.82) is 0 Å². The van der Waals surface area contributed by atoms with Gasteiger partial charge in [0, 0.05) is 6.54 Å². The lowest BCUT2D eigenvalue weighted by Crippen LogP contribution is -2.34. The number of nitrogens with one attached hydrogen (secondary N) is 1. The molecule has 1 atom stereocenters.